The van der Waals surface area contributed by atoms with Crippen molar-refractivity contribution in [2.24, 2.45) is 0 Å². The van der Waals surface area contributed by atoms with Gasteiger partial charge >= 0.3 is 0 Å². The van der Waals surface area contributed by atoms with Crippen molar-refractivity contribution in [2.75, 3.05) is 12.4 Å². The fourth-order valence-electron chi connectivity index (χ4n) is 1.10. The topological polar surface area (TPSA) is 37.8 Å². The van der Waals surface area contributed by atoms with Gasteiger partial charge in [0.1, 0.15) is 5.82 Å². The maximum atomic E-state index is 4.34. The van der Waals surface area contributed by atoms with E-state index < -0.39 is 0 Å². The molecule has 12 heavy (non-hydrogen) atoms. The Balaban J connectivity index is 2.67. The molecule has 0 atom stereocenters. The molecular weight excluding hydrogens is 150 g/mol. The molecule has 0 saturated carbocycles. The van der Waals surface area contributed by atoms with Crippen LogP contribution in [0.4, 0.5) is 5.82 Å². The van der Waals surface area contributed by atoms with Gasteiger partial charge in [0.15, 0.2) is 0 Å². The van der Waals surface area contributed by atoms with Crippen molar-refractivity contribution in [1.82, 2.24) is 9.97 Å². The monoisotopic (exact) mass is 159 g/mol. The molecule has 0 radical (unpaired) electrons. The van der Waals surface area contributed by atoms with Gasteiger partial charge in [-0.1, -0.05) is 0 Å². The van der Waals surface area contributed by atoms with Gasteiger partial charge in [-0.2, -0.15) is 0 Å². The van der Waals surface area contributed by atoms with Crippen molar-refractivity contribution in [1.29, 1.82) is 0 Å². The van der Waals surface area contributed by atoms with Crippen LogP contribution in [0.2, 0.25) is 0 Å². The zero-order chi connectivity index (χ0) is 8.39. The van der Waals surface area contributed by atoms with E-state index in [1.165, 1.54) is 0 Å². The van der Waals surface area contributed by atoms with Crippen LogP contribution in [-0.2, 0) is 0 Å². The first-order valence-corrected chi connectivity index (χ1v) is 3.78. The van der Waals surface area contributed by atoms with Gasteiger partial charge < -0.3 is 5.32 Å². The summed E-state index contributed by atoms with van der Waals surface area (Å²) in [7, 11) is 1.86. The molecule has 60 valence electrons. The lowest BCUT2D eigenvalue weighted by Gasteiger charge is -1.99. The van der Waals surface area contributed by atoms with Crippen LogP contribution in [0.25, 0.3) is 10.9 Å². The van der Waals surface area contributed by atoms with Crippen LogP contribution in [0.15, 0.2) is 30.6 Å². The van der Waals surface area contributed by atoms with Gasteiger partial charge in [0, 0.05) is 24.8 Å². The zero-order valence-electron chi connectivity index (χ0n) is 6.78. The number of nitrogens with one attached hydrogen (secondary N) is 1. The smallest absolute Gasteiger partial charge is 0.126 e. The second-order valence-corrected chi connectivity index (χ2v) is 2.51. The Hall–Kier alpha value is -1.64. The van der Waals surface area contributed by atoms with E-state index in [-0.39, 0.29) is 0 Å². The summed E-state index contributed by atoms with van der Waals surface area (Å²) in [5.41, 5.74) is 0.969. The quantitative estimate of drug-likeness (QED) is 0.687. The molecule has 2 aromatic rings. The Morgan fingerprint density at radius 2 is 2.17 bits per heavy atom. The van der Waals surface area contributed by atoms with Crippen molar-refractivity contribution in [3.63, 3.8) is 0 Å². The van der Waals surface area contributed by atoms with Crippen LogP contribution < -0.4 is 5.32 Å². The van der Waals surface area contributed by atoms with Crippen LogP contribution in [-0.4, -0.2) is 17.0 Å². The summed E-state index contributed by atoms with van der Waals surface area (Å²) < 4.78 is 0. The van der Waals surface area contributed by atoms with Crippen molar-refractivity contribution < 1.29 is 0 Å². The van der Waals surface area contributed by atoms with Crippen LogP contribution in [0.1, 0.15) is 0 Å². The molecule has 0 aliphatic carbocycles. The Kier molecular flexibility index (Phi) is 1.63. The molecule has 0 unspecified atom stereocenters. The number of nitrogens with zero attached hydrogens (tertiary/aromatic N) is 2. The van der Waals surface area contributed by atoms with E-state index in [1.807, 2.05) is 31.4 Å². The minimum Gasteiger partial charge on any atom is -0.373 e. The average molecular weight is 159 g/mol. The minimum absolute atomic E-state index is 0.883. The van der Waals surface area contributed by atoms with Crippen molar-refractivity contribution in [2.45, 2.75) is 0 Å². The molecule has 0 bridgehead atoms. The summed E-state index contributed by atoms with van der Waals surface area (Å²) in [5, 5.41) is 4.05. The van der Waals surface area contributed by atoms with Gasteiger partial charge in [-0.25, -0.2) is 4.98 Å². The molecule has 2 heterocycles. The number of fused-ring (bicyclic) bond motifs is 1. The highest BCUT2D eigenvalue weighted by molar-refractivity contribution is 5.78. The molecule has 0 amide bonds. The first kappa shape index (κ1) is 7.03. The number of anilines is 1. The highest BCUT2D eigenvalue weighted by Gasteiger charge is 1.94. The molecule has 2 rings (SSSR count). The van der Waals surface area contributed by atoms with E-state index in [0.29, 0.717) is 0 Å². The zero-order valence-corrected chi connectivity index (χ0v) is 6.78. The predicted molar refractivity (Wildman–Crippen MR) is 49.1 cm³/mol. The maximum Gasteiger partial charge on any atom is 0.126 e. The second kappa shape index (κ2) is 2.77. The Morgan fingerprint density at radius 1 is 1.25 bits per heavy atom. The van der Waals surface area contributed by atoms with Crippen molar-refractivity contribution >= 4 is 16.7 Å². The first-order valence-electron chi connectivity index (χ1n) is 3.78. The van der Waals surface area contributed by atoms with Gasteiger partial charge in [-0.3, -0.25) is 4.98 Å². The third-order valence-corrected chi connectivity index (χ3v) is 1.75. The normalized spacial score (nSPS) is 10.1. The summed E-state index contributed by atoms with van der Waals surface area (Å²) in [6.45, 7) is 0. The fourth-order valence-corrected chi connectivity index (χ4v) is 1.10. The fraction of sp³-hybridized carbons (Fsp3) is 0.111. The highest BCUT2D eigenvalue weighted by Crippen LogP contribution is 2.12. The standard InChI is InChI=1S/C9H9N3/c1-10-9-3-2-7-6-11-5-4-8(7)12-9/h2-6H,1H3,(H,10,12). The molecule has 1 N–H and O–H groups in total. The van der Waals surface area contributed by atoms with Gasteiger partial charge in [-0.15, -0.1) is 0 Å². The molecular formula is C9H9N3. The SMILES string of the molecule is CNc1ccc2cnccc2n1. The van der Waals surface area contributed by atoms with Gasteiger partial charge in [-0.05, 0) is 18.2 Å². The summed E-state index contributed by atoms with van der Waals surface area (Å²) in [4.78, 5) is 8.35. The Morgan fingerprint density at radius 3 is 3.00 bits per heavy atom. The summed E-state index contributed by atoms with van der Waals surface area (Å²) in [6, 6.07) is 5.83. The van der Waals surface area contributed by atoms with Gasteiger partial charge in [0.25, 0.3) is 0 Å². The van der Waals surface area contributed by atoms with E-state index in [2.05, 4.69) is 15.3 Å². The first-order chi connectivity index (χ1) is 5.90. The van der Waals surface area contributed by atoms with Gasteiger partial charge in [0.2, 0.25) is 0 Å². The Labute approximate surface area is 70.5 Å². The summed E-state index contributed by atoms with van der Waals surface area (Å²) >= 11 is 0. The molecule has 0 aliphatic heterocycles. The highest BCUT2D eigenvalue weighted by atomic mass is 15.0. The number of aromatic nitrogens is 2. The van der Waals surface area contributed by atoms with Crippen molar-refractivity contribution in [3.8, 4) is 0 Å². The third kappa shape index (κ3) is 1.09. The number of hydrogen-bond acceptors (Lipinski definition) is 3. The lowest BCUT2D eigenvalue weighted by atomic mass is 10.3. The van der Waals surface area contributed by atoms with E-state index >= 15 is 0 Å². The lowest BCUT2D eigenvalue weighted by molar-refractivity contribution is 1.30. The van der Waals surface area contributed by atoms with E-state index in [0.717, 1.165) is 16.7 Å². The van der Waals surface area contributed by atoms with E-state index in [1.54, 1.807) is 6.20 Å². The molecule has 0 aromatic carbocycles. The molecule has 3 nitrogen and oxygen atoms in total. The summed E-state index contributed by atoms with van der Waals surface area (Å²) in [6.07, 6.45) is 3.55. The van der Waals surface area contributed by atoms with Crippen LogP contribution >= 0.6 is 0 Å². The minimum atomic E-state index is 0.883. The lowest BCUT2D eigenvalue weighted by Crippen LogP contribution is -1.91. The molecule has 0 aliphatic rings. The Bertz CT molecular complexity index is 398. The third-order valence-electron chi connectivity index (χ3n) is 1.75. The number of hydrogen-bond donors (Lipinski definition) is 1. The molecule has 0 fully saturated rings. The summed E-state index contributed by atoms with van der Waals surface area (Å²) in [5.74, 6) is 0.883. The second-order valence-electron chi connectivity index (χ2n) is 2.51. The molecule has 2 aromatic heterocycles. The largest absolute Gasteiger partial charge is 0.373 e. The average Bonchev–Trinajstić information content (AvgIpc) is 2.17. The maximum absolute atomic E-state index is 4.34. The molecule has 0 saturated heterocycles. The van der Waals surface area contributed by atoms with Gasteiger partial charge in [0.05, 0.1) is 5.52 Å². The van der Waals surface area contributed by atoms with Crippen LogP contribution in [0, 0.1) is 0 Å². The van der Waals surface area contributed by atoms with Crippen molar-refractivity contribution in [3.05, 3.63) is 30.6 Å². The predicted octanol–water partition coefficient (Wildman–Crippen LogP) is 1.67. The van der Waals surface area contributed by atoms with E-state index in [4.69, 9.17) is 0 Å². The number of pyridine rings is 2. The van der Waals surface area contributed by atoms with Crippen LogP contribution in [0.3, 0.4) is 0 Å². The molecule has 3 heteroatoms. The molecule has 0 spiro atoms. The van der Waals surface area contributed by atoms with Crippen LogP contribution in [0.5, 0.6) is 0 Å². The van der Waals surface area contributed by atoms with E-state index in [9.17, 15) is 0 Å². The number of rotatable bonds is 1.